The highest BCUT2D eigenvalue weighted by molar-refractivity contribution is 6.30. The molecule has 138 valence electrons. The Morgan fingerprint density at radius 1 is 1.26 bits per heavy atom. The van der Waals surface area contributed by atoms with Gasteiger partial charge in [-0.05, 0) is 29.8 Å². The highest BCUT2D eigenvalue weighted by atomic mass is 35.5. The third-order valence-electron chi connectivity index (χ3n) is 4.13. The summed E-state index contributed by atoms with van der Waals surface area (Å²) in [7, 11) is 3.49. The van der Waals surface area contributed by atoms with Crippen LogP contribution in [0.4, 0.5) is 0 Å². The first kappa shape index (κ1) is 18.7. The molecule has 1 heterocycles. The minimum atomic E-state index is -0.447. The van der Waals surface area contributed by atoms with Crippen LogP contribution in [0, 0.1) is 0 Å². The van der Waals surface area contributed by atoms with Crippen LogP contribution in [0.1, 0.15) is 23.0 Å². The smallest absolute Gasteiger partial charge is 0.244 e. The number of ether oxygens (including phenoxy) is 1. The van der Waals surface area contributed by atoms with Crippen molar-refractivity contribution in [3.05, 3.63) is 89.0 Å². The second-order valence-electron chi connectivity index (χ2n) is 5.97. The first-order valence-corrected chi connectivity index (χ1v) is 8.80. The van der Waals surface area contributed by atoms with E-state index in [4.69, 9.17) is 16.3 Å². The van der Waals surface area contributed by atoms with Gasteiger partial charge in [0.25, 0.3) is 0 Å². The van der Waals surface area contributed by atoms with Crippen molar-refractivity contribution >= 4 is 23.6 Å². The van der Waals surface area contributed by atoms with Crippen LogP contribution in [0.3, 0.4) is 0 Å². The third-order valence-corrected chi connectivity index (χ3v) is 4.36. The predicted molar refractivity (Wildman–Crippen MR) is 107 cm³/mol. The summed E-state index contributed by atoms with van der Waals surface area (Å²) < 4.78 is 7.34. The summed E-state index contributed by atoms with van der Waals surface area (Å²) in [6.07, 6.45) is 6.74. The number of hydrogen-bond acceptors (Lipinski definition) is 3. The number of methoxy groups -OCH3 is 1. The second kappa shape index (κ2) is 8.56. The lowest BCUT2D eigenvalue weighted by Gasteiger charge is -2.20. The maximum absolute atomic E-state index is 12.6. The highest BCUT2D eigenvalue weighted by Gasteiger charge is 2.23. The molecule has 0 spiro atoms. The number of carbonyl (C=O) groups excluding carboxylic acids is 1. The van der Waals surface area contributed by atoms with Crippen LogP contribution < -0.4 is 10.1 Å². The van der Waals surface area contributed by atoms with Gasteiger partial charge in [0.1, 0.15) is 17.6 Å². The molecule has 0 bridgehead atoms. The van der Waals surface area contributed by atoms with E-state index in [9.17, 15) is 4.79 Å². The Bertz CT molecular complexity index is 965. The molecule has 0 aliphatic rings. The average Bonchev–Trinajstić information content (AvgIpc) is 3.10. The van der Waals surface area contributed by atoms with Crippen LogP contribution in [0.5, 0.6) is 5.75 Å². The number of nitrogens with one attached hydrogen (secondary N) is 1. The number of benzene rings is 2. The standard InChI is InChI=1S/C21H20ClN3O2/c1-25-13-12-23-21(25)20(17-8-3-4-9-18(17)27-2)24-19(26)11-10-15-6-5-7-16(22)14-15/h3-14,20H,1-2H3,(H,24,26)/b11-10+. The Kier molecular flexibility index (Phi) is 5.94. The van der Waals surface area contributed by atoms with Gasteiger partial charge in [-0.2, -0.15) is 0 Å². The Balaban J connectivity index is 1.88. The van der Waals surface area contributed by atoms with E-state index in [0.717, 1.165) is 11.1 Å². The largest absolute Gasteiger partial charge is 0.496 e. The van der Waals surface area contributed by atoms with Crippen molar-refractivity contribution in [2.75, 3.05) is 7.11 Å². The summed E-state index contributed by atoms with van der Waals surface area (Å²) in [5.74, 6) is 1.16. The van der Waals surface area contributed by atoms with E-state index in [-0.39, 0.29) is 5.91 Å². The van der Waals surface area contributed by atoms with E-state index in [2.05, 4.69) is 10.3 Å². The van der Waals surface area contributed by atoms with E-state index in [1.165, 1.54) is 6.08 Å². The molecule has 1 N–H and O–H groups in total. The fourth-order valence-corrected chi connectivity index (χ4v) is 3.01. The maximum atomic E-state index is 12.6. The highest BCUT2D eigenvalue weighted by Crippen LogP contribution is 2.29. The molecule has 6 heteroatoms. The Labute approximate surface area is 163 Å². The first-order valence-electron chi connectivity index (χ1n) is 8.43. The number of carbonyl (C=O) groups is 1. The van der Waals surface area contributed by atoms with Crippen molar-refractivity contribution in [1.82, 2.24) is 14.9 Å². The number of para-hydroxylation sites is 1. The van der Waals surface area contributed by atoms with Gasteiger partial charge in [0.05, 0.1) is 7.11 Å². The third kappa shape index (κ3) is 4.57. The number of imidazole rings is 1. The zero-order valence-corrected chi connectivity index (χ0v) is 15.9. The zero-order chi connectivity index (χ0) is 19.2. The lowest BCUT2D eigenvalue weighted by atomic mass is 10.0. The molecule has 27 heavy (non-hydrogen) atoms. The quantitative estimate of drug-likeness (QED) is 0.656. The van der Waals surface area contributed by atoms with Crippen molar-refractivity contribution < 1.29 is 9.53 Å². The molecule has 0 aliphatic carbocycles. The molecular formula is C21H20ClN3O2. The molecule has 3 rings (SSSR count). The molecule has 0 saturated carbocycles. The fourth-order valence-electron chi connectivity index (χ4n) is 2.81. The lowest BCUT2D eigenvalue weighted by Crippen LogP contribution is -2.30. The Morgan fingerprint density at radius 3 is 2.78 bits per heavy atom. The number of aryl methyl sites for hydroxylation is 1. The minimum Gasteiger partial charge on any atom is -0.496 e. The van der Waals surface area contributed by atoms with E-state index >= 15 is 0 Å². The molecule has 5 nitrogen and oxygen atoms in total. The number of amides is 1. The van der Waals surface area contributed by atoms with Gasteiger partial charge in [-0.15, -0.1) is 0 Å². The Morgan fingerprint density at radius 2 is 2.07 bits per heavy atom. The zero-order valence-electron chi connectivity index (χ0n) is 15.1. The molecule has 3 aromatic rings. The van der Waals surface area contributed by atoms with Crippen molar-refractivity contribution in [2.24, 2.45) is 7.05 Å². The van der Waals surface area contributed by atoms with E-state index < -0.39 is 6.04 Å². The van der Waals surface area contributed by atoms with Crippen LogP contribution in [0.2, 0.25) is 5.02 Å². The predicted octanol–water partition coefficient (Wildman–Crippen LogP) is 4.00. The van der Waals surface area contributed by atoms with Gasteiger partial charge in [0.15, 0.2) is 0 Å². The summed E-state index contributed by atoms with van der Waals surface area (Å²) in [5.41, 5.74) is 1.68. The van der Waals surface area contributed by atoms with E-state index in [1.54, 1.807) is 31.5 Å². The van der Waals surface area contributed by atoms with Gasteiger partial charge in [0, 0.05) is 36.1 Å². The van der Waals surface area contributed by atoms with Crippen molar-refractivity contribution in [2.45, 2.75) is 6.04 Å². The molecule has 1 unspecified atom stereocenters. The van der Waals surface area contributed by atoms with Crippen LogP contribution in [-0.2, 0) is 11.8 Å². The first-order chi connectivity index (χ1) is 13.1. The molecule has 1 aromatic heterocycles. The molecule has 2 aromatic carbocycles. The lowest BCUT2D eigenvalue weighted by molar-refractivity contribution is -0.117. The summed E-state index contributed by atoms with van der Waals surface area (Å²) in [5, 5.41) is 3.64. The minimum absolute atomic E-state index is 0.242. The van der Waals surface area contributed by atoms with Gasteiger partial charge in [0.2, 0.25) is 5.91 Å². The monoisotopic (exact) mass is 381 g/mol. The number of hydrogen-bond donors (Lipinski definition) is 1. The summed E-state index contributed by atoms with van der Waals surface area (Å²) in [6, 6.07) is 14.4. The van der Waals surface area contributed by atoms with Crippen molar-refractivity contribution in [1.29, 1.82) is 0 Å². The Hall–Kier alpha value is -3.05. The van der Waals surface area contributed by atoms with Gasteiger partial charge in [-0.3, -0.25) is 4.79 Å². The van der Waals surface area contributed by atoms with Gasteiger partial charge >= 0.3 is 0 Å². The molecular weight excluding hydrogens is 362 g/mol. The SMILES string of the molecule is COc1ccccc1C(NC(=O)/C=C/c1cccc(Cl)c1)c1nccn1C. The molecule has 0 radical (unpaired) electrons. The van der Waals surface area contributed by atoms with Crippen molar-refractivity contribution in [3.63, 3.8) is 0 Å². The van der Waals surface area contributed by atoms with Crippen LogP contribution in [0.25, 0.3) is 6.08 Å². The fraction of sp³-hybridized carbons (Fsp3) is 0.143. The number of halogens is 1. The maximum Gasteiger partial charge on any atom is 0.244 e. The normalized spacial score (nSPS) is 12.1. The summed E-state index contributed by atoms with van der Waals surface area (Å²) >= 11 is 5.98. The van der Waals surface area contributed by atoms with E-state index in [1.807, 2.05) is 54.2 Å². The summed E-state index contributed by atoms with van der Waals surface area (Å²) in [6.45, 7) is 0. The number of rotatable bonds is 6. The molecule has 0 saturated heterocycles. The van der Waals surface area contributed by atoms with Gasteiger partial charge < -0.3 is 14.6 Å². The van der Waals surface area contributed by atoms with Gasteiger partial charge in [-0.25, -0.2) is 4.98 Å². The molecule has 0 fully saturated rings. The van der Waals surface area contributed by atoms with Crippen LogP contribution in [0.15, 0.2) is 67.0 Å². The molecule has 0 aliphatic heterocycles. The average molecular weight is 382 g/mol. The van der Waals surface area contributed by atoms with Crippen LogP contribution >= 0.6 is 11.6 Å². The van der Waals surface area contributed by atoms with Crippen molar-refractivity contribution in [3.8, 4) is 5.75 Å². The number of aromatic nitrogens is 2. The topological polar surface area (TPSA) is 56.1 Å². The van der Waals surface area contributed by atoms with Gasteiger partial charge in [-0.1, -0.05) is 41.9 Å². The molecule has 1 atom stereocenters. The molecule has 1 amide bonds. The van der Waals surface area contributed by atoms with E-state index in [0.29, 0.717) is 16.6 Å². The summed E-state index contributed by atoms with van der Waals surface area (Å²) in [4.78, 5) is 17.0. The second-order valence-corrected chi connectivity index (χ2v) is 6.40. The van der Waals surface area contributed by atoms with Crippen LogP contribution in [-0.4, -0.2) is 22.6 Å². The number of nitrogens with zero attached hydrogens (tertiary/aromatic N) is 2.